The van der Waals surface area contributed by atoms with Crippen molar-refractivity contribution >= 4 is 12.2 Å². The normalized spacial score (nSPS) is 11.9. The van der Waals surface area contributed by atoms with Gasteiger partial charge < -0.3 is 10.5 Å². The molecular weight excluding hydrogens is 194 g/mol. The molecule has 1 unspecified atom stereocenters. The second kappa shape index (κ2) is 4.59. The number of benzene rings is 1. The summed E-state index contributed by atoms with van der Waals surface area (Å²) in [6, 6.07) is 5.14. The summed E-state index contributed by atoms with van der Waals surface area (Å²) in [5.74, 6) is -0.186. The molecule has 0 heterocycles. The molecule has 0 bridgehead atoms. The van der Waals surface area contributed by atoms with E-state index in [2.05, 4.69) is 0 Å². The molecule has 0 aliphatic heterocycles. The largest absolute Gasteiger partial charge is 0.480 e. The van der Waals surface area contributed by atoms with Crippen molar-refractivity contribution in [1.82, 2.24) is 0 Å². The first-order valence-corrected chi connectivity index (χ1v) is 4.56. The molecule has 0 spiro atoms. The summed E-state index contributed by atoms with van der Waals surface area (Å²) < 4.78 is 5.25. The molecule has 80 valence electrons. The van der Waals surface area contributed by atoms with E-state index in [4.69, 9.17) is 10.5 Å². The van der Waals surface area contributed by atoms with E-state index in [0.717, 1.165) is 5.56 Å². The average Bonchev–Trinajstić information content (AvgIpc) is 2.20. The Bertz CT molecular complexity index is 387. The average molecular weight is 207 g/mol. The Morgan fingerprint density at radius 3 is 2.73 bits per heavy atom. The first-order chi connectivity index (χ1) is 7.04. The first kappa shape index (κ1) is 11.2. The zero-order valence-electron chi connectivity index (χ0n) is 8.69. The van der Waals surface area contributed by atoms with Gasteiger partial charge in [0, 0.05) is 0 Å². The Balaban J connectivity index is 2.94. The number of carbonyl (C=O) groups excluding carboxylic acids is 2. The van der Waals surface area contributed by atoms with E-state index in [1.165, 1.54) is 6.92 Å². The van der Waals surface area contributed by atoms with Gasteiger partial charge in [-0.05, 0) is 26.0 Å². The van der Waals surface area contributed by atoms with E-state index < -0.39 is 12.0 Å². The van der Waals surface area contributed by atoms with Crippen LogP contribution in [0, 0.1) is 6.92 Å². The molecule has 15 heavy (non-hydrogen) atoms. The Morgan fingerprint density at radius 1 is 1.53 bits per heavy atom. The number of carbonyl (C=O) groups is 2. The van der Waals surface area contributed by atoms with Gasteiger partial charge in [0.25, 0.3) is 5.91 Å². The quantitative estimate of drug-likeness (QED) is 0.750. The van der Waals surface area contributed by atoms with Gasteiger partial charge in [0.05, 0.1) is 5.56 Å². The van der Waals surface area contributed by atoms with Crippen LogP contribution in [0.4, 0.5) is 0 Å². The predicted molar refractivity (Wildman–Crippen MR) is 55.9 cm³/mol. The van der Waals surface area contributed by atoms with Crippen molar-refractivity contribution in [2.45, 2.75) is 20.0 Å². The smallest absolute Gasteiger partial charge is 0.258 e. The Kier molecular flexibility index (Phi) is 3.44. The van der Waals surface area contributed by atoms with Gasteiger partial charge in [0.15, 0.2) is 12.4 Å². The molecule has 0 aromatic heterocycles. The van der Waals surface area contributed by atoms with Gasteiger partial charge in [0.1, 0.15) is 5.75 Å². The molecule has 1 atom stereocenters. The van der Waals surface area contributed by atoms with Crippen molar-refractivity contribution in [1.29, 1.82) is 0 Å². The fourth-order valence-electron chi connectivity index (χ4n) is 1.12. The van der Waals surface area contributed by atoms with Crippen LogP contribution in [-0.2, 0) is 4.79 Å². The zero-order valence-corrected chi connectivity index (χ0v) is 8.69. The molecule has 4 heteroatoms. The molecule has 1 amide bonds. The zero-order chi connectivity index (χ0) is 11.4. The summed E-state index contributed by atoms with van der Waals surface area (Å²) in [5.41, 5.74) is 6.43. The predicted octanol–water partition coefficient (Wildman–Crippen LogP) is 1.06. The van der Waals surface area contributed by atoms with Crippen LogP contribution < -0.4 is 10.5 Å². The lowest BCUT2D eigenvalue weighted by Crippen LogP contribution is -2.30. The summed E-state index contributed by atoms with van der Waals surface area (Å²) in [7, 11) is 0. The lowest BCUT2D eigenvalue weighted by molar-refractivity contribution is -0.123. The standard InChI is InChI=1S/C11H13NO3/c1-7-3-4-10(9(5-7)6-13)15-8(2)11(12)14/h3-6,8H,1-2H3,(H2,12,14). The van der Waals surface area contributed by atoms with Crippen LogP contribution in [-0.4, -0.2) is 18.3 Å². The SMILES string of the molecule is Cc1ccc(OC(C)C(N)=O)c(C=O)c1. The van der Waals surface area contributed by atoms with Gasteiger partial charge in [-0.25, -0.2) is 0 Å². The lowest BCUT2D eigenvalue weighted by Gasteiger charge is -2.12. The molecular formula is C11H13NO3. The van der Waals surface area contributed by atoms with E-state index in [-0.39, 0.29) is 0 Å². The third-order valence-corrected chi connectivity index (χ3v) is 2.00. The van der Waals surface area contributed by atoms with Gasteiger partial charge in [-0.15, -0.1) is 0 Å². The molecule has 1 aromatic carbocycles. The number of hydrogen-bond donors (Lipinski definition) is 1. The molecule has 1 rings (SSSR count). The van der Waals surface area contributed by atoms with Crippen LogP contribution in [0.5, 0.6) is 5.75 Å². The van der Waals surface area contributed by atoms with Crippen molar-refractivity contribution in [3.8, 4) is 5.75 Å². The number of hydrogen-bond acceptors (Lipinski definition) is 3. The van der Waals surface area contributed by atoms with Crippen LogP contribution in [0.2, 0.25) is 0 Å². The van der Waals surface area contributed by atoms with Crippen LogP contribution in [0.3, 0.4) is 0 Å². The maximum absolute atomic E-state index is 10.8. The number of aldehydes is 1. The fraction of sp³-hybridized carbons (Fsp3) is 0.273. The second-order valence-electron chi connectivity index (χ2n) is 3.32. The van der Waals surface area contributed by atoms with E-state index in [1.807, 2.05) is 6.92 Å². The highest BCUT2D eigenvalue weighted by molar-refractivity contribution is 5.81. The van der Waals surface area contributed by atoms with Crippen LogP contribution in [0.25, 0.3) is 0 Å². The van der Waals surface area contributed by atoms with Crippen molar-refractivity contribution in [2.75, 3.05) is 0 Å². The van der Waals surface area contributed by atoms with Crippen molar-refractivity contribution in [3.63, 3.8) is 0 Å². The highest BCUT2D eigenvalue weighted by Crippen LogP contribution is 2.19. The van der Waals surface area contributed by atoms with E-state index >= 15 is 0 Å². The van der Waals surface area contributed by atoms with Gasteiger partial charge in [-0.2, -0.15) is 0 Å². The third-order valence-electron chi connectivity index (χ3n) is 2.00. The highest BCUT2D eigenvalue weighted by atomic mass is 16.5. The molecule has 4 nitrogen and oxygen atoms in total. The number of ether oxygens (including phenoxy) is 1. The molecule has 0 saturated heterocycles. The Labute approximate surface area is 88.0 Å². The lowest BCUT2D eigenvalue weighted by atomic mass is 10.1. The fourth-order valence-corrected chi connectivity index (χ4v) is 1.12. The van der Waals surface area contributed by atoms with Gasteiger partial charge >= 0.3 is 0 Å². The molecule has 0 saturated carbocycles. The molecule has 0 radical (unpaired) electrons. The molecule has 0 aliphatic rings. The number of aryl methyl sites for hydroxylation is 1. The Morgan fingerprint density at radius 2 is 2.20 bits per heavy atom. The molecule has 2 N–H and O–H groups in total. The van der Waals surface area contributed by atoms with Gasteiger partial charge in [-0.3, -0.25) is 9.59 Å². The van der Waals surface area contributed by atoms with E-state index in [0.29, 0.717) is 17.6 Å². The van der Waals surface area contributed by atoms with Gasteiger partial charge in [-0.1, -0.05) is 11.6 Å². The highest BCUT2D eigenvalue weighted by Gasteiger charge is 2.12. The second-order valence-corrected chi connectivity index (χ2v) is 3.32. The summed E-state index contributed by atoms with van der Waals surface area (Å²) in [5, 5.41) is 0. The molecule has 0 fully saturated rings. The summed E-state index contributed by atoms with van der Waals surface area (Å²) in [4.78, 5) is 21.5. The van der Waals surface area contributed by atoms with Crippen molar-refractivity contribution in [3.05, 3.63) is 29.3 Å². The van der Waals surface area contributed by atoms with Crippen LogP contribution >= 0.6 is 0 Å². The van der Waals surface area contributed by atoms with Crippen molar-refractivity contribution < 1.29 is 14.3 Å². The summed E-state index contributed by atoms with van der Waals surface area (Å²) in [6.45, 7) is 3.41. The van der Waals surface area contributed by atoms with E-state index in [9.17, 15) is 9.59 Å². The third kappa shape index (κ3) is 2.80. The molecule has 1 aromatic rings. The monoisotopic (exact) mass is 207 g/mol. The van der Waals surface area contributed by atoms with Crippen molar-refractivity contribution in [2.24, 2.45) is 5.73 Å². The summed E-state index contributed by atoms with van der Waals surface area (Å²) >= 11 is 0. The number of nitrogens with two attached hydrogens (primary N) is 1. The van der Waals surface area contributed by atoms with Crippen LogP contribution in [0.1, 0.15) is 22.8 Å². The molecule has 0 aliphatic carbocycles. The Hall–Kier alpha value is -1.84. The minimum Gasteiger partial charge on any atom is -0.480 e. The van der Waals surface area contributed by atoms with Gasteiger partial charge in [0.2, 0.25) is 0 Å². The topological polar surface area (TPSA) is 69.4 Å². The summed E-state index contributed by atoms with van der Waals surface area (Å²) in [6.07, 6.45) is -0.0535. The minimum atomic E-state index is -0.744. The minimum absolute atomic E-state index is 0.377. The van der Waals surface area contributed by atoms with E-state index in [1.54, 1.807) is 18.2 Å². The maximum atomic E-state index is 10.8. The van der Waals surface area contributed by atoms with Crippen LogP contribution in [0.15, 0.2) is 18.2 Å². The number of primary amides is 1. The first-order valence-electron chi connectivity index (χ1n) is 4.56. The number of amides is 1. The maximum Gasteiger partial charge on any atom is 0.258 e. The number of rotatable bonds is 4.